The van der Waals surface area contributed by atoms with Crippen molar-refractivity contribution in [3.63, 3.8) is 0 Å². The first-order valence-electron chi connectivity index (χ1n) is 7.73. The second-order valence-corrected chi connectivity index (χ2v) is 6.50. The molecule has 0 atom stereocenters. The number of hydrogen-bond donors (Lipinski definition) is 0. The first-order valence-corrected chi connectivity index (χ1v) is 8.72. The average Bonchev–Trinajstić information content (AvgIpc) is 3.05. The summed E-state index contributed by atoms with van der Waals surface area (Å²) in [4.78, 5) is 8.35. The van der Waals surface area contributed by atoms with Gasteiger partial charge >= 0.3 is 5.88 Å². The van der Waals surface area contributed by atoms with Crippen LogP contribution < -0.4 is 9.79 Å². The monoisotopic (exact) mass is 365 g/mol. The molecule has 0 fully saturated rings. The van der Waals surface area contributed by atoms with Crippen molar-refractivity contribution >= 4 is 23.5 Å². The summed E-state index contributed by atoms with van der Waals surface area (Å²) in [6.07, 6.45) is 1.50. The Labute approximate surface area is 154 Å². The number of nitrogens with zero attached hydrogens (tertiary/aromatic N) is 5. The van der Waals surface area contributed by atoms with Crippen molar-refractivity contribution in [3.05, 3.63) is 53.7 Å². The molecule has 0 aliphatic heterocycles. The molecule has 0 spiro atoms. The quantitative estimate of drug-likeness (QED) is 0.296. The van der Waals surface area contributed by atoms with Crippen molar-refractivity contribution < 1.29 is 14.3 Å². The Morgan fingerprint density at radius 3 is 2.73 bits per heavy atom. The largest absolute Gasteiger partial charge is 0.861 e. The van der Waals surface area contributed by atoms with Crippen LogP contribution in [0, 0.1) is 18.3 Å². The second kappa shape index (κ2) is 7.80. The van der Waals surface area contributed by atoms with Crippen LogP contribution in [0.25, 0.3) is 11.3 Å². The summed E-state index contributed by atoms with van der Waals surface area (Å²) in [7, 11) is 1.67. The van der Waals surface area contributed by atoms with E-state index in [-0.39, 0.29) is 11.6 Å². The molecule has 130 valence electrons. The van der Waals surface area contributed by atoms with E-state index < -0.39 is 5.90 Å². The highest BCUT2D eigenvalue weighted by atomic mass is 32.2. The molecule has 0 bridgehead atoms. The Morgan fingerprint density at radius 2 is 2.08 bits per heavy atom. The first kappa shape index (κ1) is 17.6. The predicted molar refractivity (Wildman–Crippen MR) is 94.6 cm³/mol. The van der Waals surface area contributed by atoms with Crippen molar-refractivity contribution in [2.45, 2.75) is 11.9 Å². The Morgan fingerprint density at radius 1 is 1.31 bits per heavy atom. The number of nitriles is 1. The first-order chi connectivity index (χ1) is 12.5. The summed E-state index contributed by atoms with van der Waals surface area (Å²) in [5.41, 5.74) is 3.28. The molecule has 0 amide bonds. The van der Waals surface area contributed by atoms with Gasteiger partial charge in [-0.05, 0) is 25.0 Å². The van der Waals surface area contributed by atoms with Crippen LogP contribution in [0.1, 0.15) is 11.1 Å². The highest BCUT2D eigenvalue weighted by molar-refractivity contribution is 7.99. The summed E-state index contributed by atoms with van der Waals surface area (Å²) in [6.45, 7) is 2.01. The molecule has 0 unspecified atom stereocenters. The molecule has 8 heteroatoms. The number of aryl methyl sites for hydroxylation is 2. The van der Waals surface area contributed by atoms with Gasteiger partial charge in [0.15, 0.2) is 12.3 Å². The van der Waals surface area contributed by atoms with E-state index >= 15 is 0 Å². The highest BCUT2D eigenvalue weighted by Crippen LogP contribution is 2.25. The molecule has 0 saturated heterocycles. The summed E-state index contributed by atoms with van der Waals surface area (Å²) < 4.78 is 6.28. The number of rotatable bonds is 5. The van der Waals surface area contributed by atoms with Gasteiger partial charge < -0.3 is 5.11 Å². The minimum Gasteiger partial charge on any atom is -0.861 e. The van der Waals surface area contributed by atoms with Crippen LogP contribution in [0.5, 0.6) is 0 Å². The van der Waals surface area contributed by atoms with Gasteiger partial charge in [0.25, 0.3) is 6.20 Å². The summed E-state index contributed by atoms with van der Waals surface area (Å²) in [5, 5.41) is 25.4. The zero-order chi connectivity index (χ0) is 18.5. The lowest BCUT2D eigenvalue weighted by Gasteiger charge is -2.10. The van der Waals surface area contributed by atoms with E-state index in [2.05, 4.69) is 21.3 Å². The second-order valence-electron chi connectivity index (χ2n) is 5.54. The van der Waals surface area contributed by atoms with Crippen molar-refractivity contribution in [3.8, 4) is 17.3 Å². The van der Waals surface area contributed by atoms with E-state index in [1.807, 2.05) is 31.2 Å². The van der Waals surface area contributed by atoms with E-state index in [4.69, 9.17) is 4.52 Å². The van der Waals surface area contributed by atoms with Crippen LogP contribution >= 0.6 is 11.8 Å². The van der Waals surface area contributed by atoms with Crippen LogP contribution in [-0.4, -0.2) is 21.9 Å². The Bertz CT molecular complexity index is 990. The standard InChI is InChI=1S/C18H15N5O2S/c1-12-3-5-13(6-4-12)15-8-7-14(9-19)18(20-15)26-11-16(24)21-17-10-23(2)22-25-17/h3-8,10H,11H2,1-2H3. The van der Waals surface area contributed by atoms with Gasteiger partial charge in [0, 0.05) is 11.3 Å². The average molecular weight is 365 g/mol. The maximum Gasteiger partial charge on any atom is 0.320 e. The molecule has 7 nitrogen and oxygen atoms in total. The lowest BCUT2D eigenvalue weighted by molar-refractivity contribution is -0.739. The minimum absolute atomic E-state index is 0.0451. The molecule has 3 aromatic rings. The van der Waals surface area contributed by atoms with Crippen LogP contribution in [0.2, 0.25) is 0 Å². The smallest absolute Gasteiger partial charge is 0.320 e. The number of thioether (sulfide) groups is 1. The molecule has 2 aromatic heterocycles. The fourth-order valence-electron chi connectivity index (χ4n) is 2.17. The van der Waals surface area contributed by atoms with Crippen molar-refractivity contribution in [1.29, 1.82) is 5.26 Å². The molecule has 1 aromatic carbocycles. The van der Waals surface area contributed by atoms with Crippen LogP contribution in [-0.2, 0) is 7.05 Å². The zero-order valence-corrected chi connectivity index (χ0v) is 15.0. The van der Waals surface area contributed by atoms with Gasteiger partial charge in [-0.15, -0.1) is 0 Å². The third-order valence-electron chi connectivity index (χ3n) is 3.46. The maximum absolute atomic E-state index is 12.0. The van der Waals surface area contributed by atoms with Gasteiger partial charge in [-0.1, -0.05) is 46.3 Å². The zero-order valence-electron chi connectivity index (χ0n) is 14.2. The Hall–Kier alpha value is -3.18. The molecule has 0 N–H and O–H groups in total. The molecular formula is C18H15N5O2S. The molecule has 0 aliphatic rings. The van der Waals surface area contributed by atoms with E-state index in [1.54, 1.807) is 19.2 Å². The Kier molecular flexibility index (Phi) is 5.29. The van der Waals surface area contributed by atoms with E-state index in [1.165, 1.54) is 22.6 Å². The Balaban J connectivity index is 1.80. The summed E-state index contributed by atoms with van der Waals surface area (Å²) in [5.74, 6) is -0.207. The fraction of sp³-hybridized carbons (Fsp3) is 0.167. The lowest BCUT2D eigenvalue weighted by Crippen LogP contribution is -2.27. The van der Waals surface area contributed by atoms with Crippen molar-refractivity contribution in [2.75, 3.05) is 5.75 Å². The van der Waals surface area contributed by atoms with Crippen molar-refractivity contribution in [2.24, 2.45) is 12.0 Å². The predicted octanol–water partition coefficient (Wildman–Crippen LogP) is 1.92. The lowest BCUT2D eigenvalue weighted by atomic mass is 10.1. The van der Waals surface area contributed by atoms with E-state index in [0.29, 0.717) is 10.6 Å². The minimum atomic E-state index is -0.391. The fourth-order valence-corrected chi connectivity index (χ4v) is 2.93. The highest BCUT2D eigenvalue weighted by Gasteiger charge is 2.09. The number of aromatic nitrogens is 3. The normalized spacial score (nSPS) is 11.3. The van der Waals surface area contributed by atoms with Gasteiger partial charge in [0.05, 0.1) is 11.3 Å². The third-order valence-corrected chi connectivity index (χ3v) is 4.43. The molecular weight excluding hydrogens is 350 g/mol. The van der Waals surface area contributed by atoms with Gasteiger partial charge in [-0.3, -0.25) is 4.52 Å². The molecule has 0 aliphatic carbocycles. The van der Waals surface area contributed by atoms with Crippen LogP contribution in [0.4, 0.5) is 5.88 Å². The number of pyridine rings is 1. The topological polar surface area (TPSA) is 102 Å². The van der Waals surface area contributed by atoms with Crippen molar-refractivity contribution in [1.82, 2.24) is 10.3 Å². The molecule has 26 heavy (non-hydrogen) atoms. The van der Waals surface area contributed by atoms with E-state index in [0.717, 1.165) is 16.8 Å². The van der Waals surface area contributed by atoms with Gasteiger partial charge in [0.1, 0.15) is 11.1 Å². The van der Waals surface area contributed by atoms with E-state index in [9.17, 15) is 10.4 Å². The summed E-state index contributed by atoms with van der Waals surface area (Å²) >= 11 is 1.17. The third kappa shape index (κ3) is 4.26. The molecule has 0 saturated carbocycles. The van der Waals surface area contributed by atoms with Gasteiger partial charge in [-0.2, -0.15) is 5.26 Å². The van der Waals surface area contributed by atoms with Crippen LogP contribution in [0.15, 0.2) is 57.1 Å². The summed E-state index contributed by atoms with van der Waals surface area (Å²) in [6, 6.07) is 13.6. The maximum atomic E-state index is 12.0. The number of benzene rings is 1. The number of hydrogen-bond acceptors (Lipinski definition) is 7. The molecule has 0 radical (unpaired) electrons. The van der Waals surface area contributed by atoms with Gasteiger partial charge in [0.2, 0.25) is 0 Å². The molecule has 2 heterocycles. The molecule has 3 rings (SSSR count). The SMILES string of the molecule is Cc1ccc(-c2ccc(C#N)c(SC/C([O-])=N/c3c[n+](C)no3)n2)cc1. The van der Waals surface area contributed by atoms with Gasteiger partial charge in [-0.25, -0.2) is 9.98 Å². The van der Waals surface area contributed by atoms with Crippen LogP contribution in [0.3, 0.4) is 0 Å². The number of aliphatic imine (C=N–C) groups is 1.